The molecule has 3 aromatic carbocycles. The Bertz CT molecular complexity index is 1250. The largest absolute Gasteiger partial charge is 0.497 e. The number of hydrogen-bond donors (Lipinski definition) is 1. The van der Waals surface area contributed by atoms with Crippen LogP contribution in [0, 0.1) is 0 Å². The maximum Gasteiger partial charge on any atom is 0.336 e. The van der Waals surface area contributed by atoms with Gasteiger partial charge in [0.2, 0.25) is 0 Å². The summed E-state index contributed by atoms with van der Waals surface area (Å²) < 4.78 is 5.20. The van der Waals surface area contributed by atoms with Gasteiger partial charge in [-0.3, -0.25) is 0 Å². The fraction of sp³-hybridized carbons (Fsp3) is 0.185. The number of carbonyl (C=O) groups is 1. The summed E-state index contributed by atoms with van der Waals surface area (Å²) in [6.07, 6.45) is 0. The summed E-state index contributed by atoms with van der Waals surface area (Å²) in [7, 11) is 1.61. The molecule has 0 atom stereocenters. The van der Waals surface area contributed by atoms with Crippen molar-refractivity contribution in [3.8, 4) is 28.1 Å². The molecule has 1 N–H and O–H groups in total. The molecule has 0 bridgehead atoms. The van der Waals surface area contributed by atoms with Crippen LogP contribution in [0.3, 0.4) is 0 Å². The molecule has 0 saturated carbocycles. The molecular formula is C27H25NO3. The van der Waals surface area contributed by atoms with Crippen LogP contribution in [0.4, 0.5) is 0 Å². The summed E-state index contributed by atoms with van der Waals surface area (Å²) in [4.78, 5) is 16.8. The molecule has 4 nitrogen and oxygen atoms in total. The lowest BCUT2D eigenvalue weighted by Gasteiger charge is -2.19. The third-order valence-electron chi connectivity index (χ3n) is 5.51. The molecule has 0 amide bonds. The Morgan fingerprint density at radius 1 is 0.839 bits per heavy atom. The van der Waals surface area contributed by atoms with E-state index < -0.39 is 5.97 Å². The van der Waals surface area contributed by atoms with Gasteiger partial charge in [-0.1, -0.05) is 51.1 Å². The molecule has 1 aromatic heterocycles. The summed E-state index contributed by atoms with van der Waals surface area (Å²) in [6.45, 7) is 6.55. The molecule has 0 spiro atoms. The van der Waals surface area contributed by atoms with Crippen LogP contribution in [0.1, 0.15) is 36.7 Å². The van der Waals surface area contributed by atoms with Crippen LogP contribution in [0.15, 0.2) is 72.8 Å². The van der Waals surface area contributed by atoms with Gasteiger partial charge < -0.3 is 9.84 Å². The van der Waals surface area contributed by atoms with E-state index in [-0.39, 0.29) is 11.0 Å². The maximum absolute atomic E-state index is 12.1. The summed E-state index contributed by atoms with van der Waals surface area (Å²) in [5, 5.41) is 10.5. The fourth-order valence-corrected chi connectivity index (χ4v) is 3.65. The predicted octanol–water partition coefficient (Wildman–Crippen LogP) is 6.57. The maximum atomic E-state index is 12.1. The first-order valence-electron chi connectivity index (χ1n) is 10.2. The molecule has 0 saturated heterocycles. The van der Waals surface area contributed by atoms with Crippen LogP contribution < -0.4 is 4.74 Å². The van der Waals surface area contributed by atoms with E-state index in [0.717, 1.165) is 22.4 Å². The molecule has 0 aliphatic carbocycles. The van der Waals surface area contributed by atoms with Gasteiger partial charge in [0.05, 0.1) is 23.9 Å². The van der Waals surface area contributed by atoms with Crippen molar-refractivity contribution in [2.24, 2.45) is 0 Å². The van der Waals surface area contributed by atoms with Gasteiger partial charge in [-0.15, -0.1) is 0 Å². The molecule has 0 aliphatic heterocycles. The zero-order valence-corrected chi connectivity index (χ0v) is 18.1. The van der Waals surface area contributed by atoms with Gasteiger partial charge in [-0.25, -0.2) is 9.78 Å². The normalized spacial score (nSPS) is 11.5. The highest BCUT2D eigenvalue weighted by molar-refractivity contribution is 6.05. The smallest absolute Gasteiger partial charge is 0.336 e. The van der Waals surface area contributed by atoms with Crippen molar-refractivity contribution in [2.75, 3.05) is 7.11 Å². The van der Waals surface area contributed by atoms with Crippen molar-refractivity contribution < 1.29 is 14.6 Å². The molecule has 0 fully saturated rings. The minimum Gasteiger partial charge on any atom is -0.497 e. The van der Waals surface area contributed by atoms with Crippen molar-refractivity contribution in [2.45, 2.75) is 26.2 Å². The van der Waals surface area contributed by atoms with Crippen molar-refractivity contribution in [3.63, 3.8) is 0 Å². The Morgan fingerprint density at radius 2 is 1.45 bits per heavy atom. The van der Waals surface area contributed by atoms with Crippen LogP contribution in [0.2, 0.25) is 0 Å². The topological polar surface area (TPSA) is 59.4 Å². The van der Waals surface area contributed by atoms with Gasteiger partial charge >= 0.3 is 5.97 Å². The second-order valence-electron chi connectivity index (χ2n) is 8.65. The van der Waals surface area contributed by atoms with Crippen LogP contribution in [-0.2, 0) is 5.41 Å². The number of hydrogen-bond acceptors (Lipinski definition) is 3. The first-order valence-corrected chi connectivity index (χ1v) is 10.2. The van der Waals surface area contributed by atoms with E-state index in [9.17, 15) is 9.90 Å². The van der Waals surface area contributed by atoms with Crippen LogP contribution in [0.25, 0.3) is 33.3 Å². The molecule has 0 radical (unpaired) electrons. The molecule has 1 heterocycles. The summed E-state index contributed by atoms with van der Waals surface area (Å²) >= 11 is 0. The van der Waals surface area contributed by atoms with Gasteiger partial charge in [0.1, 0.15) is 5.75 Å². The van der Waals surface area contributed by atoms with E-state index in [0.29, 0.717) is 16.6 Å². The summed E-state index contributed by atoms with van der Waals surface area (Å²) in [5.41, 5.74) is 5.71. The van der Waals surface area contributed by atoms with E-state index in [1.165, 1.54) is 5.56 Å². The number of methoxy groups -OCH3 is 1. The molecule has 156 valence electrons. The number of rotatable bonds is 4. The van der Waals surface area contributed by atoms with Crippen molar-refractivity contribution in [1.82, 2.24) is 4.98 Å². The zero-order chi connectivity index (χ0) is 22.2. The van der Waals surface area contributed by atoms with Crippen molar-refractivity contribution in [1.29, 1.82) is 0 Å². The van der Waals surface area contributed by atoms with Gasteiger partial charge in [0, 0.05) is 10.9 Å². The van der Waals surface area contributed by atoms with Gasteiger partial charge in [0.25, 0.3) is 0 Å². The van der Waals surface area contributed by atoms with Gasteiger partial charge in [0.15, 0.2) is 0 Å². The van der Waals surface area contributed by atoms with Crippen LogP contribution in [-0.4, -0.2) is 23.2 Å². The Morgan fingerprint density at radius 3 is 2.03 bits per heavy atom. The first kappa shape index (κ1) is 20.6. The first-order chi connectivity index (χ1) is 14.8. The quantitative estimate of drug-likeness (QED) is 0.412. The molecule has 4 heteroatoms. The molecule has 0 unspecified atom stereocenters. The average molecular weight is 412 g/mol. The molecule has 4 rings (SSSR count). The summed E-state index contributed by atoms with van der Waals surface area (Å²) in [6, 6.07) is 23.3. The molecule has 0 aliphatic rings. The van der Waals surface area contributed by atoms with Crippen molar-refractivity contribution in [3.05, 3.63) is 83.9 Å². The van der Waals surface area contributed by atoms with E-state index in [1.807, 2.05) is 42.5 Å². The lowest BCUT2D eigenvalue weighted by atomic mass is 9.86. The monoisotopic (exact) mass is 411 g/mol. The minimum atomic E-state index is -0.970. The Kier molecular flexibility index (Phi) is 5.24. The lowest BCUT2D eigenvalue weighted by Crippen LogP contribution is -2.10. The minimum absolute atomic E-state index is 0.0835. The highest BCUT2D eigenvalue weighted by Gasteiger charge is 2.16. The Balaban J connectivity index is 1.80. The third kappa shape index (κ3) is 4.15. The van der Waals surface area contributed by atoms with Gasteiger partial charge in [-0.2, -0.15) is 0 Å². The average Bonchev–Trinajstić information content (AvgIpc) is 2.77. The predicted molar refractivity (Wildman–Crippen MR) is 125 cm³/mol. The lowest BCUT2D eigenvalue weighted by molar-refractivity contribution is 0.0699. The van der Waals surface area contributed by atoms with Crippen molar-refractivity contribution >= 4 is 16.9 Å². The van der Waals surface area contributed by atoms with Gasteiger partial charge in [-0.05, 0) is 64.6 Å². The number of pyridine rings is 1. The highest BCUT2D eigenvalue weighted by Crippen LogP contribution is 2.31. The molecular weight excluding hydrogens is 386 g/mol. The highest BCUT2D eigenvalue weighted by atomic mass is 16.5. The molecule has 31 heavy (non-hydrogen) atoms. The second kappa shape index (κ2) is 7.88. The molecule has 4 aromatic rings. The van der Waals surface area contributed by atoms with E-state index in [2.05, 4.69) is 45.0 Å². The fourth-order valence-electron chi connectivity index (χ4n) is 3.65. The van der Waals surface area contributed by atoms with E-state index in [4.69, 9.17) is 9.72 Å². The van der Waals surface area contributed by atoms with E-state index in [1.54, 1.807) is 13.2 Å². The standard InChI is InChI=1S/C27H25NO3/c1-27(2,3)20-10-5-17(6-11-20)19-9-14-24-22(15-19)23(26(29)30)16-25(28-24)18-7-12-21(31-4)13-8-18/h5-16H,1-4H3,(H,29,30). The Hall–Kier alpha value is -3.66. The number of benzene rings is 3. The number of nitrogens with zero attached hydrogens (tertiary/aromatic N) is 1. The van der Waals surface area contributed by atoms with Crippen LogP contribution in [0.5, 0.6) is 5.75 Å². The zero-order valence-electron chi connectivity index (χ0n) is 18.1. The second-order valence-corrected chi connectivity index (χ2v) is 8.65. The number of ether oxygens (including phenoxy) is 1. The van der Waals surface area contributed by atoms with E-state index >= 15 is 0 Å². The number of aromatic carboxylic acids is 1. The third-order valence-corrected chi connectivity index (χ3v) is 5.51. The number of aromatic nitrogens is 1. The number of carboxylic acids is 1. The Labute approximate surface area is 182 Å². The summed E-state index contributed by atoms with van der Waals surface area (Å²) in [5.74, 6) is -0.229. The number of carboxylic acid groups (broad SMARTS) is 1. The van der Waals surface area contributed by atoms with Crippen LogP contribution >= 0.6 is 0 Å². The SMILES string of the molecule is COc1ccc(-c2cc(C(=O)O)c3cc(-c4ccc(C(C)(C)C)cc4)ccc3n2)cc1. The number of fused-ring (bicyclic) bond motifs is 1.